The molecular weight excluding hydrogens is 292 g/mol. The van der Waals surface area contributed by atoms with E-state index in [1.165, 1.54) is 0 Å². The molecule has 6 nitrogen and oxygen atoms in total. The number of hydrogen-bond acceptors (Lipinski definition) is 4. The van der Waals surface area contributed by atoms with Gasteiger partial charge in [0.1, 0.15) is 0 Å². The Morgan fingerprint density at radius 2 is 2.14 bits per heavy atom. The molecule has 0 saturated carbocycles. The normalized spacial score (nSPS) is 15.5. The molecule has 1 saturated heterocycles. The van der Waals surface area contributed by atoms with Gasteiger partial charge >= 0.3 is 0 Å². The molecule has 0 atom stereocenters. The van der Waals surface area contributed by atoms with Crippen LogP contribution >= 0.6 is 11.6 Å². The molecule has 2 rings (SSSR count). The number of aryl methyl sites for hydroxylation is 2. The van der Waals surface area contributed by atoms with Gasteiger partial charge in [-0.3, -0.25) is 9.48 Å². The van der Waals surface area contributed by atoms with Crippen molar-refractivity contribution in [1.82, 2.24) is 20.0 Å². The first kappa shape index (κ1) is 16.3. The van der Waals surface area contributed by atoms with E-state index < -0.39 is 0 Å². The summed E-state index contributed by atoms with van der Waals surface area (Å²) in [5.74, 6) is 0.178. The van der Waals surface area contributed by atoms with E-state index >= 15 is 0 Å². The summed E-state index contributed by atoms with van der Waals surface area (Å²) in [7, 11) is 0. The van der Waals surface area contributed by atoms with Gasteiger partial charge in [0, 0.05) is 39.1 Å². The number of rotatable bonds is 6. The molecule has 1 aliphatic heterocycles. The number of carbonyl (C=O) groups is 1. The maximum atomic E-state index is 12.0. The average Bonchev–Trinajstić information content (AvgIpc) is 2.79. The quantitative estimate of drug-likeness (QED) is 0.802. The standard InChI is InChI=1S/C14H23ClN4O2/c1-3-19-12(14(15)11(2)17-19)10-16-5-4-13(20)18-6-8-21-9-7-18/h16H,3-10H2,1-2H3. The minimum Gasteiger partial charge on any atom is -0.378 e. The van der Waals surface area contributed by atoms with Crippen molar-refractivity contribution in [3.05, 3.63) is 16.4 Å². The van der Waals surface area contributed by atoms with E-state index in [1.54, 1.807) is 0 Å². The number of ether oxygens (including phenoxy) is 1. The molecular formula is C14H23ClN4O2. The molecule has 1 N–H and O–H groups in total. The smallest absolute Gasteiger partial charge is 0.224 e. The van der Waals surface area contributed by atoms with Crippen molar-refractivity contribution in [2.75, 3.05) is 32.8 Å². The third kappa shape index (κ3) is 4.18. The Hall–Kier alpha value is -1.11. The largest absolute Gasteiger partial charge is 0.378 e. The molecule has 118 valence electrons. The number of amides is 1. The Labute approximate surface area is 130 Å². The molecule has 21 heavy (non-hydrogen) atoms. The van der Waals surface area contributed by atoms with Gasteiger partial charge in [0.25, 0.3) is 0 Å². The zero-order valence-electron chi connectivity index (χ0n) is 12.7. The third-order valence-electron chi connectivity index (χ3n) is 3.62. The fourth-order valence-corrected chi connectivity index (χ4v) is 2.61. The fourth-order valence-electron chi connectivity index (χ4n) is 2.41. The van der Waals surface area contributed by atoms with Gasteiger partial charge in [-0.05, 0) is 13.8 Å². The van der Waals surface area contributed by atoms with Crippen molar-refractivity contribution in [2.24, 2.45) is 0 Å². The zero-order chi connectivity index (χ0) is 15.2. The second kappa shape index (κ2) is 7.77. The molecule has 1 aliphatic rings. The third-order valence-corrected chi connectivity index (χ3v) is 4.12. The molecule has 1 aromatic rings. The highest BCUT2D eigenvalue weighted by Gasteiger charge is 2.16. The first-order chi connectivity index (χ1) is 10.1. The fraction of sp³-hybridized carbons (Fsp3) is 0.714. The molecule has 1 fully saturated rings. The average molecular weight is 315 g/mol. The van der Waals surface area contributed by atoms with Crippen molar-refractivity contribution < 1.29 is 9.53 Å². The Kier molecular flexibility index (Phi) is 6.02. The summed E-state index contributed by atoms with van der Waals surface area (Å²) in [4.78, 5) is 13.9. The molecule has 0 radical (unpaired) electrons. The van der Waals surface area contributed by atoms with Crippen molar-refractivity contribution >= 4 is 17.5 Å². The van der Waals surface area contributed by atoms with Crippen LogP contribution in [-0.4, -0.2) is 53.4 Å². The predicted molar refractivity (Wildman–Crippen MR) is 81.4 cm³/mol. The number of carbonyl (C=O) groups excluding carboxylic acids is 1. The van der Waals surface area contributed by atoms with Crippen LogP contribution < -0.4 is 5.32 Å². The summed E-state index contributed by atoms with van der Waals surface area (Å²) in [6.45, 7) is 8.68. The molecule has 1 amide bonds. The van der Waals surface area contributed by atoms with Crippen molar-refractivity contribution in [3.8, 4) is 0 Å². The van der Waals surface area contributed by atoms with Crippen LogP contribution in [-0.2, 0) is 22.6 Å². The van der Waals surface area contributed by atoms with Gasteiger partial charge in [-0.2, -0.15) is 5.10 Å². The van der Waals surface area contributed by atoms with E-state index in [0.29, 0.717) is 50.8 Å². The molecule has 2 heterocycles. The summed E-state index contributed by atoms with van der Waals surface area (Å²) >= 11 is 6.24. The Balaban J connectivity index is 1.75. The SMILES string of the molecule is CCn1nc(C)c(Cl)c1CNCCC(=O)N1CCOCC1. The molecule has 7 heteroatoms. The molecule has 0 spiro atoms. The summed E-state index contributed by atoms with van der Waals surface area (Å²) in [6.07, 6.45) is 0.497. The van der Waals surface area contributed by atoms with Gasteiger partial charge < -0.3 is 15.0 Å². The van der Waals surface area contributed by atoms with Gasteiger partial charge in [0.15, 0.2) is 0 Å². The Morgan fingerprint density at radius 1 is 1.43 bits per heavy atom. The van der Waals surface area contributed by atoms with Crippen molar-refractivity contribution in [2.45, 2.75) is 33.4 Å². The maximum Gasteiger partial charge on any atom is 0.224 e. The number of morpholine rings is 1. The number of hydrogen-bond donors (Lipinski definition) is 1. The second-order valence-electron chi connectivity index (χ2n) is 5.08. The molecule has 0 aromatic carbocycles. The van der Waals surface area contributed by atoms with E-state index in [-0.39, 0.29) is 5.91 Å². The predicted octanol–water partition coefficient (Wildman–Crippen LogP) is 1.20. The van der Waals surface area contributed by atoms with Crippen LogP contribution in [0.5, 0.6) is 0 Å². The molecule has 0 bridgehead atoms. The lowest BCUT2D eigenvalue weighted by Gasteiger charge is -2.26. The lowest BCUT2D eigenvalue weighted by molar-refractivity contribution is -0.135. The van der Waals surface area contributed by atoms with Gasteiger partial charge in [-0.25, -0.2) is 0 Å². The van der Waals surface area contributed by atoms with Gasteiger partial charge in [-0.15, -0.1) is 0 Å². The molecule has 0 unspecified atom stereocenters. The topological polar surface area (TPSA) is 59.4 Å². The number of nitrogens with one attached hydrogen (secondary N) is 1. The van der Waals surface area contributed by atoms with Crippen LogP contribution in [0.15, 0.2) is 0 Å². The summed E-state index contributed by atoms with van der Waals surface area (Å²) in [6, 6.07) is 0. The van der Waals surface area contributed by atoms with Crippen molar-refractivity contribution in [1.29, 1.82) is 0 Å². The van der Waals surface area contributed by atoms with Crippen LogP contribution in [0.1, 0.15) is 24.7 Å². The number of halogens is 1. The van der Waals surface area contributed by atoms with Gasteiger partial charge in [0.05, 0.1) is 29.6 Å². The van der Waals surface area contributed by atoms with E-state index in [0.717, 1.165) is 17.9 Å². The minimum atomic E-state index is 0.178. The lowest BCUT2D eigenvalue weighted by atomic mass is 10.3. The van der Waals surface area contributed by atoms with Gasteiger partial charge in [0.2, 0.25) is 5.91 Å². The zero-order valence-corrected chi connectivity index (χ0v) is 13.4. The number of nitrogens with zero attached hydrogens (tertiary/aromatic N) is 3. The van der Waals surface area contributed by atoms with E-state index in [2.05, 4.69) is 10.4 Å². The highest BCUT2D eigenvalue weighted by Crippen LogP contribution is 2.19. The van der Waals surface area contributed by atoms with E-state index in [1.807, 2.05) is 23.4 Å². The molecule has 1 aromatic heterocycles. The Morgan fingerprint density at radius 3 is 2.81 bits per heavy atom. The van der Waals surface area contributed by atoms with E-state index in [9.17, 15) is 4.79 Å². The summed E-state index contributed by atoms with van der Waals surface area (Å²) in [5.41, 5.74) is 1.83. The lowest BCUT2D eigenvalue weighted by Crippen LogP contribution is -2.41. The van der Waals surface area contributed by atoms with Crippen LogP contribution in [0.2, 0.25) is 5.02 Å². The second-order valence-corrected chi connectivity index (χ2v) is 5.46. The molecule has 0 aliphatic carbocycles. The first-order valence-corrected chi connectivity index (χ1v) is 7.79. The highest BCUT2D eigenvalue weighted by atomic mass is 35.5. The highest BCUT2D eigenvalue weighted by molar-refractivity contribution is 6.31. The van der Waals surface area contributed by atoms with Crippen molar-refractivity contribution in [3.63, 3.8) is 0 Å². The van der Waals surface area contributed by atoms with Gasteiger partial charge in [-0.1, -0.05) is 11.6 Å². The first-order valence-electron chi connectivity index (χ1n) is 7.41. The van der Waals surface area contributed by atoms with E-state index in [4.69, 9.17) is 16.3 Å². The Bertz CT molecular complexity index is 484. The monoisotopic (exact) mass is 314 g/mol. The minimum absolute atomic E-state index is 0.178. The van der Waals surface area contributed by atoms with Crippen LogP contribution in [0.3, 0.4) is 0 Å². The maximum absolute atomic E-state index is 12.0. The number of aromatic nitrogens is 2. The summed E-state index contributed by atoms with van der Waals surface area (Å²) in [5, 5.41) is 8.36. The van der Waals surface area contributed by atoms with Crippen LogP contribution in [0, 0.1) is 6.92 Å². The van der Waals surface area contributed by atoms with Crippen LogP contribution in [0.4, 0.5) is 0 Å². The van der Waals surface area contributed by atoms with Crippen LogP contribution in [0.25, 0.3) is 0 Å². The summed E-state index contributed by atoms with van der Waals surface area (Å²) < 4.78 is 7.14.